The van der Waals surface area contributed by atoms with E-state index in [9.17, 15) is 14.7 Å². The first kappa shape index (κ1) is 14.3. The maximum Gasteiger partial charge on any atom is 0.311 e. The molecule has 0 bridgehead atoms. The Balaban J connectivity index is 1.92. The molecule has 0 aromatic carbocycles. The molecule has 1 aliphatic heterocycles. The molecule has 0 aromatic rings. The van der Waals surface area contributed by atoms with Gasteiger partial charge in [-0.15, -0.1) is 0 Å². The second-order valence-electron chi connectivity index (χ2n) is 5.87. The lowest BCUT2D eigenvalue weighted by Gasteiger charge is -2.28. The molecular weight excluding hydrogens is 244 g/mol. The highest BCUT2D eigenvalue weighted by Gasteiger charge is 2.39. The highest BCUT2D eigenvalue weighted by atomic mass is 16.4. The SMILES string of the molecule is O=C(NCC1(C(=O)O)CCCCCC1)[C@H]1CCCN1. The molecule has 108 valence electrons. The van der Waals surface area contributed by atoms with E-state index in [1.54, 1.807) is 0 Å². The van der Waals surface area contributed by atoms with Crippen molar-refractivity contribution in [2.45, 2.75) is 57.4 Å². The molecule has 1 amide bonds. The zero-order valence-electron chi connectivity index (χ0n) is 11.4. The molecule has 2 aliphatic rings. The van der Waals surface area contributed by atoms with E-state index in [1.165, 1.54) is 0 Å². The number of rotatable bonds is 4. The van der Waals surface area contributed by atoms with Crippen molar-refractivity contribution in [3.8, 4) is 0 Å². The third kappa shape index (κ3) is 3.47. The van der Waals surface area contributed by atoms with Crippen LogP contribution in [0.2, 0.25) is 0 Å². The summed E-state index contributed by atoms with van der Waals surface area (Å²) in [5.74, 6) is -0.795. The molecule has 1 saturated heterocycles. The van der Waals surface area contributed by atoms with Crippen LogP contribution in [0.5, 0.6) is 0 Å². The Labute approximate surface area is 114 Å². The fourth-order valence-electron chi connectivity index (χ4n) is 3.16. The van der Waals surface area contributed by atoms with E-state index < -0.39 is 11.4 Å². The quantitative estimate of drug-likeness (QED) is 0.671. The first-order chi connectivity index (χ1) is 9.14. The molecular formula is C14H24N2O3. The van der Waals surface area contributed by atoms with E-state index in [2.05, 4.69) is 10.6 Å². The molecule has 2 fully saturated rings. The lowest BCUT2D eigenvalue weighted by atomic mass is 9.80. The van der Waals surface area contributed by atoms with Gasteiger partial charge >= 0.3 is 5.97 Å². The van der Waals surface area contributed by atoms with Crippen molar-refractivity contribution in [1.29, 1.82) is 0 Å². The first-order valence-corrected chi connectivity index (χ1v) is 7.39. The van der Waals surface area contributed by atoms with Gasteiger partial charge in [0.05, 0.1) is 11.5 Å². The van der Waals surface area contributed by atoms with Gasteiger partial charge < -0.3 is 15.7 Å². The molecule has 1 atom stereocenters. The maximum absolute atomic E-state index is 12.0. The van der Waals surface area contributed by atoms with Crippen LogP contribution in [0.25, 0.3) is 0 Å². The number of amides is 1. The van der Waals surface area contributed by atoms with Crippen molar-refractivity contribution in [2.75, 3.05) is 13.1 Å². The van der Waals surface area contributed by atoms with Crippen LogP contribution in [-0.2, 0) is 9.59 Å². The zero-order valence-corrected chi connectivity index (χ0v) is 11.4. The van der Waals surface area contributed by atoms with Crippen LogP contribution in [0.1, 0.15) is 51.4 Å². The summed E-state index contributed by atoms with van der Waals surface area (Å²) in [4.78, 5) is 23.6. The van der Waals surface area contributed by atoms with E-state index in [0.717, 1.165) is 45.1 Å². The lowest BCUT2D eigenvalue weighted by Crippen LogP contribution is -2.47. The monoisotopic (exact) mass is 268 g/mol. The van der Waals surface area contributed by atoms with Crippen LogP contribution < -0.4 is 10.6 Å². The van der Waals surface area contributed by atoms with Gasteiger partial charge in [-0.2, -0.15) is 0 Å². The van der Waals surface area contributed by atoms with Crippen molar-refractivity contribution in [3.05, 3.63) is 0 Å². The van der Waals surface area contributed by atoms with Gasteiger partial charge in [-0.05, 0) is 32.2 Å². The molecule has 0 unspecified atom stereocenters. The highest BCUT2D eigenvalue weighted by Crippen LogP contribution is 2.34. The second-order valence-corrected chi connectivity index (χ2v) is 5.87. The van der Waals surface area contributed by atoms with Gasteiger partial charge in [0.1, 0.15) is 0 Å². The number of carbonyl (C=O) groups is 2. The van der Waals surface area contributed by atoms with E-state index in [1.807, 2.05) is 0 Å². The molecule has 0 aromatic heterocycles. The minimum Gasteiger partial charge on any atom is -0.481 e. The Kier molecular flexibility index (Phi) is 4.80. The van der Waals surface area contributed by atoms with Crippen LogP contribution in [0, 0.1) is 5.41 Å². The fourth-order valence-corrected chi connectivity index (χ4v) is 3.16. The number of hydrogen-bond donors (Lipinski definition) is 3. The van der Waals surface area contributed by atoms with Crippen molar-refractivity contribution < 1.29 is 14.7 Å². The summed E-state index contributed by atoms with van der Waals surface area (Å²) in [6.07, 6.45) is 7.34. The van der Waals surface area contributed by atoms with E-state index >= 15 is 0 Å². The minimum atomic E-state index is -0.755. The summed E-state index contributed by atoms with van der Waals surface area (Å²) in [5, 5.41) is 15.5. The topological polar surface area (TPSA) is 78.4 Å². The van der Waals surface area contributed by atoms with Gasteiger partial charge in [0.25, 0.3) is 0 Å². The summed E-state index contributed by atoms with van der Waals surface area (Å²) < 4.78 is 0. The minimum absolute atomic E-state index is 0.0395. The molecule has 2 rings (SSSR count). The van der Waals surface area contributed by atoms with Gasteiger partial charge in [0.2, 0.25) is 5.91 Å². The summed E-state index contributed by atoms with van der Waals surface area (Å²) in [7, 11) is 0. The van der Waals surface area contributed by atoms with Crippen molar-refractivity contribution in [2.24, 2.45) is 5.41 Å². The van der Waals surface area contributed by atoms with Crippen LogP contribution in [0.15, 0.2) is 0 Å². The van der Waals surface area contributed by atoms with Gasteiger partial charge in [-0.25, -0.2) is 0 Å². The number of carboxylic acid groups (broad SMARTS) is 1. The number of nitrogens with one attached hydrogen (secondary N) is 2. The molecule has 5 nitrogen and oxygen atoms in total. The average molecular weight is 268 g/mol. The highest BCUT2D eigenvalue weighted by molar-refractivity contribution is 5.83. The van der Waals surface area contributed by atoms with E-state index in [0.29, 0.717) is 12.8 Å². The normalized spacial score (nSPS) is 26.6. The third-order valence-corrected chi connectivity index (χ3v) is 4.49. The lowest BCUT2D eigenvalue weighted by molar-refractivity contribution is -0.149. The Morgan fingerprint density at radius 1 is 1.16 bits per heavy atom. The summed E-state index contributed by atoms with van der Waals surface area (Å²) in [6, 6.07) is -0.128. The van der Waals surface area contributed by atoms with E-state index in [-0.39, 0.29) is 18.5 Å². The van der Waals surface area contributed by atoms with Crippen LogP contribution in [0.4, 0.5) is 0 Å². The van der Waals surface area contributed by atoms with Gasteiger partial charge in [-0.3, -0.25) is 9.59 Å². The van der Waals surface area contributed by atoms with Gasteiger partial charge in [0, 0.05) is 6.54 Å². The number of carboxylic acids is 1. The molecule has 5 heteroatoms. The number of hydrogen-bond acceptors (Lipinski definition) is 3. The number of aliphatic carboxylic acids is 1. The predicted octanol–water partition coefficient (Wildman–Crippen LogP) is 1.28. The van der Waals surface area contributed by atoms with Gasteiger partial charge in [0.15, 0.2) is 0 Å². The zero-order chi connectivity index (χ0) is 13.7. The smallest absolute Gasteiger partial charge is 0.311 e. The standard InChI is InChI=1S/C14H24N2O3/c17-12(11-6-5-9-15-11)16-10-14(13(18)19)7-3-1-2-4-8-14/h11,15H,1-10H2,(H,16,17)(H,18,19)/t11-/m1/s1. The Morgan fingerprint density at radius 3 is 2.37 bits per heavy atom. The number of carbonyl (C=O) groups excluding carboxylic acids is 1. The average Bonchev–Trinajstić information content (AvgIpc) is 2.82. The Hall–Kier alpha value is -1.10. The largest absolute Gasteiger partial charge is 0.481 e. The maximum atomic E-state index is 12.0. The molecule has 3 N–H and O–H groups in total. The summed E-state index contributed by atoms with van der Waals surface area (Å²) >= 11 is 0. The van der Waals surface area contributed by atoms with Crippen LogP contribution >= 0.6 is 0 Å². The Morgan fingerprint density at radius 2 is 1.84 bits per heavy atom. The molecule has 1 aliphatic carbocycles. The fraction of sp³-hybridized carbons (Fsp3) is 0.857. The molecule has 1 heterocycles. The Bertz CT molecular complexity index is 330. The molecule has 0 spiro atoms. The van der Waals surface area contributed by atoms with Gasteiger partial charge in [-0.1, -0.05) is 25.7 Å². The first-order valence-electron chi connectivity index (χ1n) is 7.39. The van der Waals surface area contributed by atoms with E-state index in [4.69, 9.17) is 0 Å². The molecule has 1 saturated carbocycles. The second kappa shape index (κ2) is 6.37. The summed E-state index contributed by atoms with van der Waals surface area (Å²) in [6.45, 7) is 1.15. The molecule has 19 heavy (non-hydrogen) atoms. The third-order valence-electron chi connectivity index (χ3n) is 4.49. The van der Waals surface area contributed by atoms with Crippen molar-refractivity contribution >= 4 is 11.9 Å². The van der Waals surface area contributed by atoms with Crippen molar-refractivity contribution in [1.82, 2.24) is 10.6 Å². The molecule has 0 radical (unpaired) electrons. The summed E-state index contributed by atoms with van der Waals surface area (Å²) in [5.41, 5.74) is -0.745. The van der Waals surface area contributed by atoms with Crippen molar-refractivity contribution in [3.63, 3.8) is 0 Å². The predicted molar refractivity (Wildman–Crippen MR) is 71.8 cm³/mol. The van der Waals surface area contributed by atoms with Crippen LogP contribution in [0.3, 0.4) is 0 Å². The van der Waals surface area contributed by atoms with Crippen LogP contribution in [-0.4, -0.2) is 36.1 Å².